The molecule has 0 heterocycles. The fourth-order valence-electron chi connectivity index (χ4n) is 1.57. The van der Waals surface area contributed by atoms with Crippen molar-refractivity contribution in [3.8, 4) is 6.07 Å². The number of nitriles is 1. The highest BCUT2D eigenvalue weighted by atomic mass is 32.2. The van der Waals surface area contributed by atoms with Crippen LogP contribution in [0.4, 0.5) is 0 Å². The number of sulfone groups is 1. The molecule has 16 heavy (non-hydrogen) atoms. The zero-order valence-electron chi connectivity index (χ0n) is 10.4. The topological polar surface area (TPSA) is 61.2 Å². The van der Waals surface area contributed by atoms with Gasteiger partial charge in [0.25, 0.3) is 0 Å². The van der Waals surface area contributed by atoms with E-state index in [0.29, 0.717) is 18.8 Å². The lowest BCUT2D eigenvalue weighted by Gasteiger charge is -2.22. The molecule has 0 aromatic carbocycles. The van der Waals surface area contributed by atoms with Crippen LogP contribution in [0, 0.1) is 17.2 Å². The Morgan fingerprint density at radius 3 is 2.38 bits per heavy atom. The Morgan fingerprint density at radius 1 is 1.31 bits per heavy atom. The molecule has 0 aromatic heterocycles. The molecule has 0 amide bonds. The monoisotopic (exact) mass is 246 g/mol. The van der Waals surface area contributed by atoms with Gasteiger partial charge >= 0.3 is 0 Å². The number of hydrogen-bond donors (Lipinski definition) is 0. The van der Waals surface area contributed by atoms with Crippen LogP contribution < -0.4 is 0 Å². The van der Waals surface area contributed by atoms with Crippen molar-refractivity contribution in [2.24, 2.45) is 5.92 Å². The lowest BCUT2D eigenvalue weighted by atomic mass is 10.2. The van der Waals surface area contributed by atoms with Gasteiger partial charge in [-0.05, 0) is 18.9 Å². The Kier molecular flexibility index (Phi) is 7.35. The van der Waals surface area contributed by atoms with E-state index in [0.717, 1.165) is 19.6 Å². The summed E-state index contributed by atoms with van der Waals surface area (Å²) in [6.45, 7) is 6.66. The molecule has 94 valence electrons. The van der Waals surface area contributed by atoms with E-state index in [4.69, 9.17) is 5.26 Å². The predicted octanol–water partition coefficient (Wildman–Crippen LogP) is 1.29. The number of nitrogens with zero attached hydrogens (tertiary/aromatic N) is 2. The zero-order valence-corrected chi connectivity index (χ0v) is 11.3. The van der Waals surface area contributed by atoms with Gasteiger partial charge in [-0.3, -0.25) is 0 Å². The second-order valence-electron chi connectivity index (χ2n) is 4.59. The van der Waals surface area contributed by atoms with E-state index in [9.17, 15) is 8.42 Å². The predicted molar refractivity (Wildman–Crippen MR) is 65.8 cm³/mol. The maximum atomic E-state index is 11.0. The number of rotatable bonds is 8. The van der Waals surface area contributed by atoms with Gasteiger partial charge in [0.2, 0.25) is 0 Å². The zero-order chi connectivity index (χ0) is 12.6. The van der Waals surface area contributed by atoms with Crippen LogP contribution in [0.25, 0.3) is 0 Å². The van der Waals surface area contributed by atoms with Crippen molar-refractivity contribution in [2.75, 3.05) is 31.6 Å². The Morgan fingerprint density at radius 2 is 1.94 bits per heavy atom. The van der Waals surface area contributed by atoms with Gasteiger partial charge in [-0.15, -0.1) is 0 Å². The van der Waals surface area contributed by atoms with Crippen LogP contribution >= 0.6 is 0 Å². The first-order valence-electron chi connectivity index (χ1n) is 5.62. The van der Waals surface area contributed by atoms with Crippen molar-refractivity contribution in [1.29, 1.82) is 5.26 Å². The van der Waals surface area contributed by atoms with E-state index in [1.165, 1.54) is 6.26 Å². The van der Waals surface area contributed by atoms with Crippen LogP contribution in [-0.4, -0.2) is 45.0 Å². The number of hydrogen-bond acceptors (Lipinski definition) is 4. The molecule has 0 unspecified atom stereocenters. The van der Waals surface area contributed by atoms with E-state index in [1.807, 2.05) is 0 Å². The second kappa shape index (κ2) is 7.64. The minimum Gasteiger partial charge on any atom is -0.302 e. The smallest absolute Gasteiger partial charge is 0.147 e. The summed E-state index contributed by atoms with van der Waals surface area (Å²) < 4.78 is 22.0. The molecule has 0 rings (SSSR count). The van der Waals surface area contributed by atoms with Crippen LogP contribution in [0.15, 0.2) is 0 Å². The van der Waals surface area contributed by atoms with Crippen molar-refractivity contribution < 1.29 is 8.42 Å². The molecule has 0 aliphatic carbocycles. The Hall–Kier alpha value is -0.600. The highest BCUT2D eigenvalue weighted by Crippen LogP contribution is 2.02. The average Bonchev–Trinajstić information content (AvgIpc) is 2.11. The van der Waals surface area contributed by atoms with E-state index >= 15 is 0 Å². The summed E-state index contributed by atoms with van der Waals surface area (Å²) in [5.74, 6) is 0.769. The van der Waals surface area contributed by atoms with Gasteiger partial charge in [0.05, 0.1) is 11.8 Å². The first-order chi connectivity index (χ1) is 7.35. The van der Waals surface area contributed by atoms with Gasteiger partial charge in [0.1, 0.15) is 9.84 Å². The molecule has 0 bridgehead atoms. The molecule has 0 aromatic rings. The summed E-state index contributed by atoms with van der Waals surface area (Å²) in [6.07, 6.45) is 2.41. The van der Waals surface area contributed by atoms with Gasteiger partial charge in [-0.1, -0.05) is 13.8 Å². The van der Waals surface area contributed by atoms with Crippen LogP contribution in [0.3, 0.4) is 0 Å². The van der Waals surface area contributed by atoms with Crippen molar-refractivity contribution in [3.05, 3.63) is 0 Å². The molecule has 0 aliphatic heterocycles. The Labute approximate surface area is 99.2 Å². The van der Waals surface area contributed by atoms with Gasteiger partial charge in [0.15, 0.2) is 0 Å². The van der Waals surface area contributed by atoms with Crippen molar-refractivity contribution in [1.82, 2.24) is 4.90 Å². The lowest BCUT2D eigenvalue weighted by molar-refractivity contribution is 0.250. The Balaban J connectivity index is 3.96. The van der Waals surface area contributed by atoms with E-state index in [-0.39, 0.29) is 5.75 Å². The fraction of sp³-hybridized carbons (Fsp3) is 0.909. The summed E-state index contributed by atoms with van der Waals surface area (Å²) in [7, 11) is -2.86. The molecule has 0 fully saturated rings. The molecular weight excluding hydrogens is 224 g/mol. The highest BCUT2D eigenvalue weighted by Gasteiger charge is 2.08. The van der Waals surface area contributed by atoms with Gasteiger partial charge in [-0.25, -0.2) is 8.42 Å². The summed E-state index contributed by atoms with van der Waals surface area (Å²) >= 11 is 0. The molecule has 0 saturated heterocycles. The minimum atomic E-state index is -2.86. The molecule has 0 aliphatic rings. The maximum Gasteiger partial charge on any atom is 0.147 e. The van der Waals surface area contributed by atoms with Crippen LogP contribution in [0.2, 0.25) is 0 Å². The average molecular weight is 246 g/mol. The third-order valence-corrected chi connectivity index (χ3v) is 3.18. The third kappa shape index (κ3) is 9.94. The third-order valence-electron chi connectivity index (χ3n) is 2.15. The summed E-state index contributed by atoms with van der Waals surface area (Å²) in [4.78, 5) is 2.17. The fourth-order valence-corrected chi connectivity index (χ4v) is 2.22. The molecule has 0 spiro atoms. The summed E-state index contributed by atoms with van der Waals surface area (Å²) in [5, 5.41) is 8.53. The molecule has 4 nitrogen and oxygen atoms in total. The molecule has 0 saturated carbocycles. The molecule has 0 N–H and O–H groups in total. The van der Waals surface area contributed by atoms with E-state index in [2.05, 4.69) is 24.8 Å². The van der Waals surface area contributed by atoms with Gasteiger partial charge < -0.3 is 4.90 Å². The van der Waals surface area contributed by atoms with Crippen molar-refractivity contribution in [3.63, 3.8) is 0 Å². The van der Waals surface area contributed by atoms with Crippen LogP contribution in [0.1, 0.15) is 26.7 Å². The molecule has 0 radical (unpaired) electrons. The van der Waals surface area contributed by atoms with Crippen molar-refractivity contribution in [2.45, 2.75) is 26.7 Å². The Bertz CT molecular complexity index is 317. The molecule has 0 atom stereocenters. The van der Waals surface area contributed by atoms with Crippen LogP contribution in [-0.2, 0) is 9.84 Å². The molecular formula is C11H22N2O2S. The first kappa shape index (κ1) is 15.4. The standard InChI is InChI=1S/C11H22N2O2S/c1-11(2)10-13(7-4-6-12)8-5-9-16(3,14)15/h11H,4-5,7-10H2,1-3H3. The van der Waals surface area contributed by atoms with Gasteiger partial charge in [-0.2, -0.15) is 5.26 Å². The summed E-state index contributed by atoms with van der Waals surface area (Å²) in [5.41, 5.74) is 0. The molecule has 5 heteroatoms. The minimum absolute atomic E-state index is 0.230. The second-order valence-corrected chi connectivity index (χ2v) is 6.85. The van der Waals surface area contributed by atoms with Gasteiger partial charge in [0, 0.05) is 25.8 Å². The highest BCUT2D eigenvalue weighted by molar-refractivity contribution is 7.90. The van der Waals surface area contributed by atoms with Crippen molar-refractivity contribution >= 4 is 9.84 Å². The summed E-state index contributed by atoms with van der Waals surface area (Å²) in [6, 6.07) is 2.12. The normalized spacial score (nSPS) is 12.0. The van der Waals surface area contributed by atoms with E-state index in [1.54, 1.807) is 0 Å². The lowest BCUT2D eigenvalue weighted by Crippen LogP contribution is -2.30. The maximum absolute atomic E-state index is 11.0. The van der Waals surface area contributed by atoms with E-state index < -0.39 is 9.84 Å². The first-order valence-corrected chi connectivity index (χ1v) is 7.68. The quantitative estimate of drug-likeness (QED) is 0.647. The largest absolute Gasteiger partial charge is 0.302 e. The van der Waals surface area contributed by atoms with Crippen LogP contribution in [0.5, 0.6) is 0 Å². The SMILES string of the molecule is CC(C)CN(CCC#N)CCCS(C)(=O)=O.